The Labute approximate surface area is 110 Å². The van der Waals surface area contributed by atoms with Crippen molar-refractivity contribution in [1.29, 1.82) is 0 Å². The van der Waals surface area contributed by atoms with E-state index in [0.717, 1.165) is 24.7 Å². The first-order valence-corrected chi connectivity index (χ1v) is 6.69. The van der Waals surface area contributed by atoms with Gasteiger partial charge in [0.1, 0.15) is 0 Å². The average molecular weight is 255 g/mol. The second-order valence-electron chi connectivity index (χ2n) is 4.42. The van der Waals surface area contributed by atoms with Gasteiger partial charge in [-0.2, -0.15) is 0 Å². The maximum Gasteiger partial charge on any atom is 0.0406 e. The second-order valence-corrected chi connectivity index (χ2v) is 4.85. The van der Waals surface area contributed by atoms with Gasteiger partial charge in [0.05, 0.1) is 0 Å². The van der Waals surface area contributed by atoms with E-state index in [0.29, 0.717) is 6.04 Å². The summed E-state index contributed by atoms with van der Waals surface area (Å²) in [5.74, 6) is 0. The Kier molecular flexibility index (Phi) is 6.56. The highest BCUT2D eigenvalue weighted by Gasteiger charge is 2.10. The molecule has 0 aliphatic rings. The first-order chi connectivity index (χ1) is 8.15. The first-order valence-electron chi connectivity index (χ1n) is 6.31. The molecule has 1 rings (SSSR count). The van der Waals surface area contributed by atoms with Crippen LogP contribution in [0, 0.1) is 0 Å². The van der Waals surface area contributed by atoms with E-state index in [2.05, 4.69) is 43.2 Å². The van der Waals surface area contributed by atoms with Crippen LogP contribution in [-0.4, -0.2) is 31.6 Å². The highest BCUT2D eigenvalue weighted by Crippen LogP contribution is 2.20. The van der Waals surface area contributed by atoms with Gasteiger partial charge in [0, 0.05) is 11.1 Å². The highest BCUT2D eigenvalue weighted by atomic mass is 35.5. The zero-order valence-corrected chi connectivity index (χ0v) is 11.8. The molecule has 17 heavy (non-hydrogen) atoms. The molecule has 1 atom stereocenters. The molecule has 0 heterocycles. The summed E-state index contributed by atoms with van der Waals surface area (Å²) in [6.07, 6.45) is 1.18. The summed E-state index contributed by atoms with van der Waals surface area (Å²) in [6.45, 7) is 7.62. The van der Waals surface area contributed by atoms with Gasteiger partial charge >= 0.3 is 0 Å². The molecule has 1 unspecified atom stereocenters. The largest absolute Gasteiger partial charge is 0.317 e. The quantitative estimate of drug-likeness (QED) is 0.751. The summed E-state index contributed by atoms with van der Waals surface area (Å²) >= 11 is 5.89. The minimum atomic E-state index is 0.439. The molecule has 0 amide bonds. The number of rotatable bonds is 7. The van der Waals surface area contributed by atoms with Crippen LogP contribution < -0.4 is 5.32 Å². The normalized spacial score (nSPS) is 13.0. The molecule has 1 N–H and O–H groups in total. The van der Waals surface area contributed by atoms with Gasteiger partial charge in [0.2, 0.25) is 0 Å². The fourth-order valence-electron chi connectivity index (χ4n) is 1.82. The molecular formula is C14H23ClN2. The van der Waals surface area contributed by atoms with E-state index in [-0.39, 0.29) is 0 Å². The molecule has 0 saturated carbocycles. The van der Waals surface area contributed by atoms with Crippen LogP contribution in [0.25, 0.3) is 0 Å². The average Bonchev–Trinajstić information content (AvgIpc) is 2.34. The lowest BCUT2D eigenvalue weighted by atomic mass is 10.1. The topological polar surface area (TPSA) is 15.3 Å². The zero-order valence-electron chi connectivity index (χ0n) is 11.0. The maximum atomic E-state index is 5.89. The number of nitrogens with one attached hydrogen (secondary N) is 1. The van der Waals surface area contributed by atoms with Crippen LogP contribution in [0.5, 0.6) is 0 Å². The van der Waals surface area contributed by atoms with Crippen molar-refractivity contribution >= 4 is 11.6 Å². The van der Waals surface area contributed by atoms with Crippen molar-refractivity contribution in [2.45, 2.75) is 26.3 Å². The molecule has 0 bridgehead atoms. The minimum Gasteiger partial charge on any atom is -0.317 e. The molecule has 0 spiro atoms. The summed E-state index contributed by atoms with van der Waals surface area (Å²) < 4.78 is 0. The first kappa shape index (κ1) is 14.5. The number of benzene rings is 1. The molecule has 0 saturated heterocycles. The second kappa shape index (κ2) is 7.70. The van der Waals surface area contributed by atoms with Crippen molar-refractivity contribution in [2.75, 3.05) is 26.7 Å². The summed E-state index contributed by atoms with van der Waals surface area (Å²) in [5.41, 5.74) is 1.32. The van der Waals surface area contributed by atoms with E-state index in [1.807, 2.05) is 12.1 Å². The lowest BCUT2D eigenvalue weighted by Crippen LogP contribution is -2.26. The third-order valence-electron chi connectivity index (χ3n) is 3.13. The van der Waals surface area contributed by atoms with Gasteiger partial charge in [-0.25, -0.2) is 0 Å². The van der Waals surface area contributed by atoms with Crippen LogP contribution >= 0.6 is 11.6 Å². The van der Waals surface area contributed by atoms with Gasteiger partial charge in [-0.05, 0) is 57.7 Å². The van der Waals surface area contributed by atoms with Crippen LogP contribution in [0.2, 0.25) is 5.02 Å². The predicted molar refractivity (Wildman–Crippen MR) is 75.7 cm³/mol. The molecule has 0 aliphatic carbocycles. The third kappa shape index (κ3) is 5.07. The summed E-state index contributed by atoms with van der Waals surface area (Å²) in [6, 6.07) is 8.57. The Balaban J connectivity index is 2.40. The van der Waals surface area contributed by atoms with E-state index in [4.69, 9.17) is 11.6 Å². The molecule has 1 aromatic rings. The van der Waals surface area contributed by atoms with Crippen LogP contribution in [-0.2, 0) is 0 Å². The number of hydrogen-bond acceptors (Lipinski definition) is 2. The van der Waals surface area contributed by atoms with E-state index in [1.54, 1.807) is 0 Å². The van der Waals surface area contributed by atoms with Crippen molar-refractivity contribution in [1.82, 2.24) is 10.2 Å². The van der Waals surface area contributed by atoms with Crippen molar-refractivity contribution in [3.8, 4) is 0 Å². The van der Waals surface area contributed by atoms with E-state index >= 15 is 0 Å². The molecule has 0 aromatic heterocycles. The molecular weight excluding hydrogens is 232 g/mol. The van der Waals surface area contributed by atoms with Gasteiger partial charge in [0.25, 0.3) is 0 Å². The molecule has 3 heteroatoms. The Morgan fingerprint density at radius 2 is 1.94 bits per heavy atom. The standard InChI is InChI=1S/C14H23ClN2/c1-4-16-10-5-11-17(3)12(2)13-6-8-14(15)9-7-13/h6-9,12,16H,4-5,10-11H2,1-3H3. The van der Waals surface area contributed by atoms with Crippen molar-refractivity contribution in [3.63, 3.8) is 0 Å². The molecule has 1 aromatic carbocycles. The summed E-state index contributed by atoms with van der Waals surface area (Å²) in [7, 11) is 2.17. The summed E-state index contributed by atoms with van der Waals surface area (Å²) in [4.78, 5) is 2.38. The Bertz CT molecular complexity index is 311. The minimum absolute atomic E-state index is 0.439. The molecule has 0 aliphatic heterocycles. The number of halogens is 1. The van der Waals surface area contributed by atoms with Gasteiger partial charge in [-0.15, -0.1) is 0 Å². The lowest BCUT2D eigenvalue weighted by Gasteiger charge is -2.25. The van der Waals surface area contributed by atoms with E-state index in [1.165, 1.54) is 12.0 Å². The fourth-order valence-corrected chi connectivity index (χ4v) is 1.95. The van der Waals surface area contributed by atoms with Crippen molar-refractivity contribution < 1.29 is 0 Å². The van der Waals surface area contributed by atoms with Gasteiger partial charge in [0.15, 0.2) is 0 Å². The van der Waals surface area contributed by atoms with Crippen molar-refractivity contribution in [2.24, 2.45) is 0 Å². The third-order valence-corrected chi connectivity index (χ3v) is 3.38. The van der Waals surface area contributed by atoms with Crippen LogP contribution in [0.4, 0.5) is 0 Å². The summed E-state index contributed by atoms with van der Waals surface area (Å²) in [5, 5.41) is 4.15. The maximum absolute atomic E-state index is 5.89. The molecule has 0 radical (unpaired) electrons. The molecule has 0 fully saturated rings. The highest BCUT2D eigenvalue weighted by molar-refractivity contribution is 6.30. The molecule has 96 valence electrons. The lowest BCUT2D eigenvalue weighted by molar-refractivity contribution is 0.257. The van der Waals surface area contributed by atoms with Gasteiger partial charge in [-0.3, -0.25) is 4.90 Å². The monoisotopic (exact) mass is 254 g/mol. The Morgan fingerprint density at radius 1 is 1.29 bits per heavy atom. The number of hydrogen-bond donors (Lipinski definition) is 1. The van der Waals surface area contributed by atoms with Crippen LogP contribution in [0.3, 0.4) is 0 Å². The van der Waals surface area contributed by atoms with Gasteiger partial charge in [-0.1, -0.05) is 30.7 Å². The van der Waals surface area contributed by atoms with Gasteiger partial charge < -0.3 is 5.32 Å². The number of nitrogens with zero attached hydrogens (tertiary/aromatic N) is 1. The zero-order chi connectivity index (χ0) is 12.7. The SMILES string of the molecule is CCNCCCN(C)C(C)c1ccc(Cl)cc1. The fraction of sp³-hybridized carbons (Fsp3) is 0.571. The van der Waals surface area contributed by atoms with E-state index < -0.39 is 0 Å². The Morgan fingerprint density at radius 3 is 2.53 bits per heavy atom. The van der Waals surface area contributed by atoms with Crippen molar-refractivity contribution in [3.05, 3.63) is 34.9 Å². The predicted octanol–water partition coefficient (Wildman–Crippen LogP) is 3.33. The Hall–Kier alpha value is -0.570. The smallest absolute Gasteiger partial charge is 0.0406 e. The molecule has 2 nitrogen and oxygen atoms in total. The van der Waals surface area contributed by atoms with E-state index in [9.17, 15) is 0 Å². The van der Waals surface area contributed by atoms with Crippen LogP contribution in [0.15, 0.2) is 24.3 Å². The van der Waals surface area contributed by atoms with Crippen LogP contribution in [0.1, 0.15) is 31.9 Å².